The average Bonchev–Trinajstić information content (AvgIpc) is 2.67. The van der Waals surface area contributed by atoms with Crippen molar-refractivity contribution in [2.75, 3.05) is 36.4 Å². The van der Waals surface area contributed by atoms with Gasteiger partial charge in [0.25, 0.3) is 0 Å². The van der Waals surface area contributed by atoms with Gasteiger partial charge in [-0.3, -0.25) is 9.69 Å². The van der Waals surface area contributed by atoms with E-state index in [0.29, 0.717) is 5.69 Å². The molecule has 1 aliphatic heterocycles. The standard InChI is InChI=1S/C21H28FN5O/c1-14(2)20-23-15(3)12-19(25-20)27-10-8-26(9-11-27)16(4)21(28)24-18-7-5-6-17(22)13-18/h5-7,12-14,16H,8-11H2,1-4H3,(H,24,28). The Hall–Kier alpha value is -2.54. The zero-order valence-corrected chi connectivity index (χ0v) is 16.9. The molecular formula is C21H28FN5O. The van der Waals surface area contributed by atoms with Crippen molar-refractivity contribution in [1.29, 1.82) is 0 Å². The fourth-order valence-corrected chi connectivity index (χ4v) is 3.31. The average molecular weight is 385 g/mol. The van der Waals surface area contributed by atoms with Crippen LogP contribution in [-0.4, -0.2) is 53.0 Å². The van der Waals surface area contributed by atoms with Crippen LogP contribution in [0.3, 0.4) is 0 Å². The molecule has 2 heterocycles. The predicted molar refractivity (Wildman–Crippen MR) is 109 cm³/mol. The summed E-state index contributed by atoms with van der Waals surface area (Å²) in [5.74, 6) is 1.61. The predicted octanol–water partition coefficient (Wildman–Crippen LogP) is 3.20. The van der Waals surface area contributed by atoms with Crippen LogP contribution in [0.15, 0.2) is 30.3 Å². The summed E-state index contributed by atoms with van der Waals surface area (Å²) < 4.78 is 13.3. The van der Waals surface area contributed by atoms with Gasteiger partial charge in [-0.25, -0.2) is 14.4 Å². The summed E-state index contributed by atoms with van der Waals surface area (Å²) in [6, 6.07) is 7.69. The summed E-state index contributed by atoms with van der Waals surface area (Å²) in [7, 11) is 0. The number of nitrogens with zero attached hydrogens (tertiary/aromatic N) is 4. The molecule has 1 fully saturated rings. The SMILES string of the molecule is Cc1cc(N2CCN(C(C)C(=O)Nc3cccc(F)c3)CC2)nc(C(C)C)n1. The van der Waals surface area contributed by atoms with E-state index in [2.05, 4.69) is 33.9 Å². The molecule has 7 heteroatoms. The van der Waals surface area contributed by atoms with Gasteiger partial charge >= 0.3 is 0 Å². The zero-order valence-electron chi connectivity index (χ0n) is 16.9. The number of amides is 1. The molecule has 1 N–H and O–H groups in total. The number of rotatable bonds is 5. The van der Waals surface area contributed by atoms with Crippen LogP contribution in [0.1, 0.15) is 38.2 Å². The van der Waals surface area contributed by atoms with E-state index in [1.54, 1.807) is 12.1 Å². The van der Waals surface area contributed by atoms with Crippen LogP contribution >= 0.6 is 0 Å². The van der Waals surface area contributed by atoms with Crippen molar-refractivity contribution in [3.05, 3.63) is 47.7 Å². The van der Waals surface area contributed by atoms with Crippen LogP contribution in [0.5, 0.6) is 0 Å². The Labute approximate surface area is 165 Å². The Bertz CT molecular complexity index is 833. The number of hydrogen-bond acceptors (Lipinski definition) is 5. The summed E-state index contributed by atoms with van der Waals surface area (Å²) >= 11 is 0. The molecule has 3 rings (SSSR count). The minimum absolute atomic E-state index is 0.126. The largest absolute Gasteiger partial charge is 0.354 e. The van der Waals surface area contributed by atoms with E-state index < -0.39 is 0 Å². The second kappa shape index (κ2) is 8.65. The molecular weight excluding hydrogens is 357 g/mol. The lowest BCUT2D eigenvalue weighted by Gasteiger charge is -2.38. The molecule has 1 aliphatic rings. The number of aromatic nitrogens is 2. The molecule has 28 heavy (non-hydrogen) atoms. The smallest absolute Gasteiger partial charge is 0.241 e. The Balaban J connectivity index is 1.59. The van der Waals surface area contributed by atoms with E-state index in [4.69, 9.17) is 4.98 Å². The molecule has 6 nitrogen and oxygen atoms in total. The van der Waals surface area contributed by atoms with E-state index in [0.717, 1.165) is 43.5 Å². The number of halogens is 1. The fraction of sp³-hybridized carbons (Fsp3) is 0.476. The number of benzene rings is 1. The molecule has 1 atom stereocenters. The van der Waals surface area contributed by atoms with Crippen LogP contribution in [-0.2, 0) is 4.79 Å². The number of piperazine rings is 1. The second-order valence-electron chi connectivity index (χ2n) is 7.58. The highest BCUT2D eigenvalue weighted by atomic mass is 19.1. The minimum Gasteiger partial charge on any atom is -0.354 e. The van der Waals surface area contributed by atoms with E-state index in [1.165, 1.54) is 12.1 Å². The van der Waals surface area contributed by atoms with Gasteiger partial charge in [0.05, 0.1) is 6.04 Å². The van der Waals surface area contributed by atoms with Gasteiger partial charge in [-0.05, 0) is 32.0 Å². The lowest BCUT2D eigenvalue weighted by molar-refractivity contribution is -0.120. The van der Waals surface area contributed by atoms with Gasteiger partial charge in [0, 0.05) is 49.5 Å². The lowest BCUT2D eigenvalue weighted by Crippen LogP contribution is -2.53. The van der Waals surface area contributed by atoms with Crippen LogP contribution in [0.25, 0.3) is 0 Å². The highest BCUT2D eigenvalue weighted by Crippen LogP contribution is 2.19. The molecule has 2 aromatic rings. The zero-order chi connectivity index (χ0) is 20.3. The molecule has 1 saturated heterocycles. The third-order valence-electron chi connectivity index (χ3n) is 5.03. The number of aryl methyl sites for hydroxylation is 1. The molecule has 0 aliphatic carbocycles. The molecule has 1 aromatic heterocycles. The molecule has 0 radical (unpaired) electrons. The van der Waals surface area contributed by atoms with Crippen molar-refractivity contribution in [3.63, 3.8) is 0 Å². The molecule has 150 valence electrons. The fourth-order valence-electron chi connectivity index (χ4n) is 3.31. The van der Waals surface area contributed by atoms with Gasteiger partial charge in [-0.15, -0.1) is 0 Å². The Kier molecular flexibility index (Phi) is 6.24. The van der Waals surface area contributed by atoms with Gasteiger partial charge in [-0.2, -0.15) is 0 Å². The molecule has 1 unspecified atom stereocenters. The first-order valence-corrected chi connectivity index (χ1v) is 9.74. The van der Waals surface area contributed by atoms with Gasteiger partial charge in [-0.1, -0.05) is 19.9 Å². The topological polar surface area (TPSA) is 61.4 Å². The Morgan fingerprint density at radius 2 is 1.82 bits per heavy atom. The maximum atomic E-state index is 13.3. The monoisotopic (exact) mass is 385 g/mol. The summed E-state index contributed by atoms with van der Waals surface area (Å²) in [6.45, 7) is 11.2. The van der Waals surface area contributed by atoms with Crippen LogP contribution < -0.4 is 10.2 Å². The first-order chi connectivity index (χ1) is 13.3. The maximum Gasteiger partial charge on any atom is 0.241 e. The van der Waals surface area contributed by atoms with Crippen LogP contribution in [0, 0.1) is 12.7 Å². The third kappa shape index (κ3) is 4.84. The second-order valence-corrected chi connectivity index (χ2v) is 7.58. The number of anilines is 2. The molecule has 1 aromatic carbocycles. The normalized spacial score (nSPS) is 16.3. The van der Waals surface area contributed by atoms with E-state index in [-0.39, 0.29) is 23.7 Å². The van der Waals surface area contributed by atoms with Crippen molar-refractivity contribution >= 4 is 17.4 Å². The van der Waals surface area contributed by atoms with Gasteiger partial charge < -0.3 is 10.2 Å². The van der Waals surface area contributed by atoms with Crippen molar-refractivity contribution in [1.82, 2.24) is 14.9 Å². The van der Waals surface area contributed by atoms with E-state index in [9.17, 15) is 9.18 Å². The molecule has 1 amide bonds. The van der Waals surface area contributed by atoms with Gasteiger partial charge in [0.15, 0.2) is 0 Å². The highest BCUT2D eigenvalue weighted by molar-refractivity contribution is 5.94. The number of hydrogen-bond donors (Lipinski definition) is 1. The van der Waals surface area contributed by atoms with Crippen LogP contribution in [0.2, 0.25) is 0 Å². The van der Waals surface area contributed by atoms with Crippen LogP contribution in [0.4, 0.5) is 15.9 Å². The number of nitrogens with one attached hydrogen (secondary N) is 1. The third-order valence-corrected chi connectivity index (χ3v) is 5.03. The van der Waals surface area contributed by atoms with Crippen molar-refractivity contribution in [3.8, 4) is 0 Å². The summed E-state index contributed by atoms with van der Waals surface area (Å²) in [4.78, 5) is 26.1. The number of carbonyl (C=O) groups excluding carboxylic acids is 1. The first kappa shape index (κ1) is 20.2. The van der Waals surface area contributed by atoms with Gasteiger partial charge in [0.2, 0.25) is 5.91 Å². The quantitative estimate of drug-likeness (QED) is 0.856. The Morgan fingerprint density at radius 1 is 1.11 bits per heavy atom. The maximum absolute atomic E-state index is 13.3. The van der Waals surface area contributed by atoms with Crippen molar-refractivity contribution < 1.29 is 9.18 Å². The lowest BCUT2D eigenvalue weighted by atomic mass is 10.2. The molecule has 0 bridgehead atoms. The first-order valence-electron chi connectivity index (χ1n) is 9.74. The van der Waals surface area contributed by atoms with E-state index in [1.807, 2.05) is 19.9 Å². The minimum atomic E-state index is -0.361. The summed E-state index contributed by atoms with van der Waals surface area (Å²) in [5, 5.41) is 2.80. The number of carbonyl (C=O) groups is 1. The van der Waals surface area contributed by atoms with E-state index >= 15 is 0 Å². The molecule has 0 spiro atoms. The highest BCUT2D eigenvalue weighted by Gasteiger charge is 2.26. The van der Waals surface area contributed by atoms with Gasteiger partial charge in [0.1, 0.15) is 17.5 Å². The van der Waals surface area contributed by atoms with Crippen molar-refractivity contribution in [2.24, 2.45) is 0 Å². The Morgan fingerprint density at radius 3 is 2.46 bits per heavy atom. The summed E-state index contributed by atoms with van der Waals surface area (Å²) in [5.41, 5.74) is 1.45. The summed E-state index contributed by atoms with van der Waals surface area (Å²) in [6.07, 6.45) is 0. The van der Waals surface area contributed by atoms with Crippen molar-refractivity contribution in [2.45, 2.75) is 39.7 Å². The molecule has 0 saturated carbocycles.